The fourth-order valence-corrected chi connectivity index (χ4v) is 4.98. The Morgan fingerprint density at radius 1 is 1.00 bits per heavy atom. The first kappa shape index (κ1) is 18.9. The highest BCUT2D eigenvalue weighted by atomic mass is 32.2. The molecule has 3 rings (SSSR count). The number of hydrogen-bond acceptors (Lipinski definition) is 6. The molecule has 0 unspecified atom stereocenters. The zero-order chi connectivity index (χ0) is 18.4. The first-order chi connectivity index (χ1) is 12.7. The minimum absolute atomic E-state index is 0.0635. The Kier molecular flexibility index (Phi) is 6.71. The quantitative estimate of drug-likeness (QED) is 0.542. The van der Waals surface area contributed by atoms with E-state index >= 15 is 0 Å². The molecule has 0 bridgehead atoms. The van der Waals surface area contributed by atoms with Gasteiger partial charge in [-0.25, -0.2) is 0 Å². The Bertz CT molecular complexity index is 800. The van der Waals surface area contributed by atoms with Gasteiger partial charge in [-0.1, -0.05) is 95.5 Å². The molecule has 0 fully saturated rings. The Morgan fingerprint density at radius 2 is 1.54 bits per heavy atom. The molecule has 0 aliphatic rings. The van der Waals surface area contributed by atoms with E-state index < -0.39 is 0 Å². The Labute approximate surface area is 166 Å². The molecule has 0 aliphatic heterocycles. The van der Waals surface area contributed by atoms with Crippen molar-refractivity contribution in [3.05, 3.63) is 71.8 Å². The number of aromatic nitrogens is 2. The van der Waals surface area contributed by atoms with Crippen molar-refractivity contribution in [1.82, 2.24) is 15.1 Å². The molecule has 1 heterocycles. The zero-order valence-corrected chi connectivity index (χ0v) is 17.0. The molecule has 1 aromatic heterocycles. The summed E-state index contributed by atoms with van der Waals surface area (Å²) in [4.78, 5) is 14.7. The second-order valence-electron chi connectivity index (χ2n) is 5.56. The molecular weight excluding hydrogens is 382 g/mol. The van der Waals surface area contributed by atoms with Crippen LogP contribution in [0.2, 0.25) is 0 Å². The lowest BCUT2D eigenvalue weighted by Gasteiger charge is -2.29. The molecule has 7 heteroatoms. The van der Waals surface area contributed by atoms with Crippen LogP contribution in [0.5, 0.6) is 0 Å². The number of amides is 1. The lowest BCUT2D eigenvalue weighted by atomic mass is 9.97. The number of benzene rings is 2. The lowest BCUT2D eigenvalue weighted by Crippen LogP contribution is -2.33. The molecule has 1 amide bonds. The number of carbonyl (C=O) groups is 1. The van der Waals surface area contributed by atoms with Crippen LogP contribution in [0.3, 0.4) is 0 Å². The van der Waals surface area contributed by atoms with Crippen molar-refractivity contribution in [2.45, 2.75) is 14.7 Å². The summed E-state index contributed by atoms with van der Waals surface area (Å²) >= 11 is 4.53. The molecule has 0 aliphatic carbocycles. The third kappa shape index (κ3) is 4.66. The fraction of sp³-hybridized carbons (Fsp3) is 0.211. The van der Waals surface area contributed by atoms with Crippen LogP contribution in [-0.4, -0.2) is 40.1 Å². The van der Waals surface area contributed by atoms with E-state index in [9.17, 15) is 4.79 Å². The summed E-state index contributed by atoms with van der Waals surface area (Å²) in [5.41, 5.74) is 2.19. The van der Waals surface area contributed by atoms with Gasteiger partial charge in [-0.2, -0.15) is 0 Å². The largest absolute Gasteiger partial charge is 0.334 e. The van der Waals surface area contributed by atoms with Crippen LogP contribution in [-0.2, 0) is 4.79 Å². The maximum absolute atomic E-state index is 12.8. The molecule has 0 saturated carbocycles. The van der Waals surface area contributed by atoms with Crippen molar-refractivity contribution >= 4 is 40.8 Å². The standard InChI is InChI=1S/C19H19N3OS3/c1-22(16(23)13-25-19-21-20-18(24-2)26-19)17(14-9-5-3-6-10-14)15-11-7-4-8-12-15/h3-12,17H,13H2,1-2H3. The predicted octanol–water partition coefficient (Wildman–Crippen LogP) is 4.60. The van der Waals surface area contributed by atoms with Crippen molar-refractivity contribution in [2.24, 2.45) is 0 Å². The molecular formula is C19H19N3OS3. The van der Waals surface area contributed by atoms with Gasteiger partial charge < -0.3 is 4.90 Å². The smallest absolute Gasteiger partial charge is 0.233 e. The van der Waals surface area contributed by atoms with Crippen LogP contribution in [0.4, 0.5) is 0 Å². The van der Waals surface area contributed by atoms with E-state index in [1.807, 2.05) is 54.6 Å². The van der Waals surface area contributed by atoms with Gasteiger partial charge in [0.25, 0.3) is 0 Å². The average molecular weight is 402 g/mol. The van der Waals surface area contributed by atoms with Crippen molar-refractivity contribution < 1.29 is 4.79 Å². The van der Waals surface area contributed by atoms with Crippen molar-refractivity contribution in [3.63, 3.8) is 0 Å². The molecule has 0 atom stereocenters. The first-order valence-electron chi connectivity index (χ1n) is 8.05. The topological polar surface area (TPSA) is 46.1 Å². The second-order valence-corrected chi connectivity index (χ2v) is 8.81. The van der Waals surface area contributed by atoms with Crippen molar-refractivity contribution in [1.29, 1.82) is 0 Å². The van der Waals surface area contributed by atoms with E-state index in [1.165, 1.54) is 23.1 Å². The van der Waals surface area contributed by atoms with Gasteiger partial charge in [0.15, 0.2) is 8.68 Å². The number of rotatable bonds is 7. The maximum atomic E-state index is 12.8. The summed E-state index contributed by atoms with van der Waals surface area (Å²) in [6.45, 7) is 0. The third-order valence-corrected chi connectivity index (χ3v) is 6.91. The summed E-state index contributed by atoms with van der Waals surface area (Å²) in [5.74, 6) is 0.406. The predicted molar refractivity (Wildman–Crippen MR) is 110 cm³/mol. The van der Waals surface area contributed by atoms with Crippen LogP contribution in [0.15, 0.2) is 69.3 Å². The number of nitrogens with zero attached hydrogens (tertiary/aromatic N) is 3. The lowest BCUT2D eigenvalue weighted by molar-refractivity contribution is -0.128. The van der Waals surface area contributed by atoms with E-state index in [2.05, 4.69) is 34.5 Å². The van der Waals surface area contributed by atoms with Crippen LogP contribution in [0.25, 0.3) is 0 Å². The minimum Gasteiger partial charge on any atom is -0.334 e. The Hall–Kier alpha value is -1.83. The van der Waals surface area contributed by atoms with Gasteiger partial charge in [0.1, 0.15) is 0 Å². The normalized spacial score (nSPS) is 10.9. The highest BCUT2D eigenvalue weighted by Crippen LogP contribution is 2.30. The van der Waals surface area contributed by atoms with Crippen molar-refractivity contribution in [2.75, 3.05) is 19.1 Å². The minimum atomic E-state index is -0.110. The van der Waals surface area contributed by atoms with E-state index in [0.717, 1.165) is 19.8 Å². The van der Waals surface area contributed by atoms with Gasteiger partial charge in [0.05, 0.1) is 11.8 Å². The van der Waals surface area contributed by atoms with Crippen LogP contribution in [0.1, 0.15) is 17.2 Å². The highest BCUT2D eigenvalue weighted by molar-refractivity contribution is 8.03. The van der Waals surface area contributed by atoms with Crippen molar-refractivity contribution in [3.8, 4) is 0 Å². The molecule has 26 heavy (non-hydrogen) atoms. The summed E-state index contributed by atoms with van der Waals surface area (Å²) in [6.07, 6.45) is 1.97. The van der Waals surface area contributed by atoms with Gasteiger partial charge >= 0.3 is 0 Å². The van der Waals surface area contributed by atoms with E-state index in [4.69, 9.17) is 0 Å². The van der Waals surface area contributed by atoms with Crippen LogP contribution < -0.4 is 0 Å². The first-order valence-corrected chi connectivity index (χ1v) is 11.1. The van der Waals surface area contributed by atoms with E-state index in [0.29, 0.717) is 5.75 Å². The molecule has 134 valence electrons. The monoisotopic (exact) mass is 401 g/mol. The Balaban J connectivity index is 1.76. The summed E-state index contributed by atoms with van der Waals surface area (Å²) in [7, 11) is 1.86. The van der Waals surface area contributed by atoms with E-state index in [1.54, 1.807) is 11.8 Å². The van der Waals surface area contributed by atoms with Gasteiger partial charge in [0, 0.05) is 7.05 Å². The van der Waals surface area contributed by atoms with Gasteiger partial charge in [-0.15, -0.1) is 10.2 Å². The molecule has 0 radical (unpaired) electrons. The molecule has 0 spiro atoms. The molecule has 4 nitrogen and oxygen atoms in total. The fourth-order valence-electron chi connectivity index (χ4n) is 2.62. The molecule has 0 N–H and O–H groups in total. The highest BCUT2D eigenvalue weighted by Gasteiger charge is 2.23. The number of hydrogen-bond donors (Lipinski definition) is 0. The van der Waals surface area contributed by atoms with Gasteiger partial charge in [-0.05, 0) is 17.4 Å². The van der Waals surface area contributed by atoms with Gasteiger partial charge in [-0.3, -0.25) is 4.79 Å². The number of thioether (sulfide) groups is 2. The summed E-state index contributed by atoms with van der Waals surface area (Å²) in [5, 5.41) is 8.19. The van der Waals surface area contributed by atoms with Crippen LogP contribution in [0, 0.1) is 0 Å². The zero-order valence-electron chi connectivity index (χ0n) is 14.5. The molecule has 2 aromatic carbocycles. The SMILES string of the molecule is CSc1nnc(SCC(=O)N(C)C(c2ccccc2)c2ccccc2)s1. The number of carbonyl (C=O) groups excluding carboxylic acids is 1. The summed E-state index contributed by atoms with van der Waals surface area (Å²) < 4.78 is 1.74. The van der Waals surface area contributed by atoms with E-state index in [-0.39, 0.29) is 11.9 Å². The Morgan fingerprint density at radius 3 is 2.04 bits per heavy atom. The third-order valence-electron chi connectivity index (χ3n) is 3.89. The molecule has 0 saturated heterocycles. The summed E-state index contributed by atoms with van der Waals surface area (Å²) in [6, 6.07) is 20.1. The maximum Gasteiger partial charge on any atom is 0.233 e. The second kappa shape index (κ2) is 9.21. The average Bonchev–Trinajstić information content (AvgIpc) is 3.16. The van der Waals surface area contributed by atoms with Crippen LogP contribution >= 0.6 is 34.9 Å². The van der Waals surface area contributed by atoms with Gasteiger partial charge in [0.2, 0.25) is 5.91 Å². The molecule has 3 aromatic rings.